The first-order valence-corrected chi connectivity index (χ1v) is 21.1. The van der Waals surface area contributed by atoms with Crippen LogP contribution in [0.4, 0.5) is 17.1 Å². The van der Waals surface area contributed by atoms with Crippen LogP contribution >= 0.6 is 0 Å². The highest BCUT2D eigenvalue weighted by molar-refractivity contribution is 6.26. The molecule has 0 atom stereocenters. The van der Waals surface area contributed by atoms with Gasteiger partial charge in [-0.05, 0) is 109 Å². The number of aromatic nitrogens is 1. The van der Waals surface area contributed by atoms with Gasteiger partial charge in [-0.1, -0.05) is 153 Å². The normalized spacial score (nSPS) is 13.2. The molecule has 2 heterocycles. The topological polar surface area (TPSA) is 29.3 Å². The molecule has 286 valence electrons. The van der Waals surface area contributed by atoms with Crippen molar-refractivity contribution in [3.8, 4) is 22.4 Å². The van der Waals surface area contributed by atoms with Crippen LogP contribution in [0.5, 0.6) is 0 Å². The second kappa shape index (κ2) is 12.6. The Hall–Kier alpha value is -7.75. The lowest BCUT2D eigenvalue weighted by molar-refractivity contribution is 0.660. The second-order valence-electron chi connectivity index (χ2n) is 17.0. The van der Waals surface area contributed by atoms with Gasteiger partial charge in [-0.3, -0.25) is 0 Å². The third-order valence-electron chi connectivity index (χ3n) is 13.4. The van der Waals surface area contributed by atoms with Crippen molar-refractivity contribution < 1.29 is 4.42 Å². The van der Waals surface area contributed by atoms with Crippen molar-refractivity contribution in [3.05, 3.63) is 205 Å². The van der Waals surface area contributed by atoms with Gasteiger partial charge in [0, 0.05) is 55.0 Å². The van der Waals surface area contributed by atoms with Gasteiger partial charge in [0.2, 0.25) is 0 Å². The number of hydrogen-bond acceptors (Lipinski definition) is 3. The fourth-order valence-corrected chi connectivity index (χ4v) is 10.5. The van der Waals surface area contributed by atoms with Gasteiger partial charge in [-0.2, -0.15) is 0 Å². The molecule has 10 aromatic carbocycles. The standard InChI is InChI=1S/C58H38N2O/c1-58(2)51-20-10-7-17-44(51)45-30-28-38(34-52(45)58)60(37-27-29-43-41-15-4-3-13-39(41)40-14-5-6-16-42(40)50(43)33-37)36-25-23-35(24-26-36)56-49-32-31-47-46-18-9-12-22-54(46)61-57(47)55(49)48-19-8-11-21-53(48)59-56/h3-34H,1-2H3. The minimum absolute atomic E-state index is 0.135. The first-order chi connectivity index (χ1) is 30.0. The fraction of sp³-hybridized carbons (Fsp3) is 0.0517. The summed E-state index contributed by atoms with van der Waals surface area (Å²) in [4.78, 5) is 7.76. The van der Waals surface area contributed by atoms with E-state index in [1.54, 1.807) is 0 Å². The minimum atomic E-state index is -0.135. The van der Waals surface area contributed by atoms with Crippen LogP contribution in [0.2, 0.25) is 0 Å². The van der Waals surface area contributed by atoms with Gasteiger partial charge >= 0.3 is 0 Å². The van der Waals surface area contributed by atoms with E-state index in [2.05, 4.69) is 207 Å². The molecule has 0 fully saturated rings. The van der Waals surface area contributed by atoms with E-state index in [1.165, 1.54) is 54.6 Å². The number of furan rings is 1. The summed E-state index contributed by atoms with van der Waals surface area (Å²) >= 11 is 0. The number of para-hydroxylation sites is 2. The van der Waals surface area contributed by atoms with Gasteiger partial charge in [0.1, 0.15) is 11.2 Å². The van der Waals surface area contributed by atoms with E-state index in [9.17, 15) is 0 Å². The Morgan fingerprint density at radius 3 is 1.72 bits per heavy atom. The first kappa shape index (κ1) is 34.1. The largest absolute Gasteiger partial charge is 0.455 e. The number of pyridine rings is 1. The van der Waals surface area contributed by atoms with Gasteiger partial charge in [-0.25, -0.2) is 4.98 Å². The van der Waals surface area contributed by atoms with Crippen molar-refractivity contribution in [3.63, 3.8) is 0 Å². The van der Waals surface area contributed by atoms with Gasteiger partial charge < -0.3 is 9.32 Å². The average Bonchev–Trinajstić information content (AvgIpc) is 3.81. The van der Waals surface area contributed by atoms with Crippen molar-refractivity contribution in [2.75, 3.05) is 4.90 Å². The van der Waals surface area contributed by atoms with E-state index in [-0.39, 0.29) is 5.41 Å². The maximum Gasteiger partial charge on any atom is 0.144 e. The van der Waals surface area contributed by atoms with Gasteiger partial charge in [0.15, 0.2) is 0 Å². The quantitative estimate of drug-likeness (QED) is 0.167. The van der Waals surface area contributed by atoms with E-state index >= 15 is 0 Å². The van der Waals surface area contributed by atoms with Crippen molar-refractivity contribution in [2.45, 2.75) is 19.3 Å². The molecule has 0 bridgehead atoms. The molecule has 13 rings (SSSR count). The van der Waals surface area contributed by atoms with E-state index < -0.39 is 0 Å². The Morgan fingerprint density at radius 1 is 0.410 bits per heavy atom. The SMILES string of the molecule is CC1(C)c2ccccc2-c2ccc(N(c3ccc(-c4nc5ccccc5c5c4ccc4c6ccccc6oc45)cc3)c3ccc4c5ccccc5c5ccccc5c4c3)cc21. The molecule has 0 unspecified atom stereocenters. The zero-order valence-corrected chi connectivity index (χ0v) is 33.8. The Morgan fingerprint density at radius 2 is 0.951 bits per heavy atom. The smallest absolute Gasteiger partial charge is 0.144 e. The zero-order chi connectivity index (χ0) is 40.4. The lowest BCUT2D eigenvalue weighted by atomic mass is 9.82. The molecule has 3 heteroatoms. The number of nitrogens with zero attached hydrogens (tertiary/aromatic N) is 2. The summed E-state index contributed by atoms with van der Waals surface area (Å²) in [7, 11) is 0. The maximum absolute atomic E-state index is 6.63. The zero-order valence-electron chi connectivity index (χ0n) is 33.8. The number of fused-ring (bicyclic) bond motifs is 16. The fourth-order valence-electron chi connectivity index (χ4n) is 10.5. The number of benzene rings is 10. The first-order valence-electron chi connectivity index (χ1n) is 21.1. The van der Waals surface area contributed by atoms with Crippen LogP contribution in [0.3, 0.4) is 0 Å². The number of rotatable bonds is 4. The predicted octanol–water partition coefficient (Wildman–Crippen LogP) is 16.2. The lowest BCUT2D eigenvalue weighted by Crippen LogP contribution is -2.16. The summed E-state index contributed by atoms with van der Waals surface area (Å²) in [5.41, 5.74) is 13.3. The van der Waals surface area contributed by atoms with Crippen LogP contribution < -0.4 is 4.90 Å². The predicted molar refractivity (Wildman–Crippen MR) is 257 cm³/mol. The van der Waals surface area contributed by atoms with Gasteiger partial charge in [0.05, 0.1) is 11.2 Å². The number of hydrogen-bond donors (Lipinski definition) is 0. The highest BCUT2D eigenvalue weighted by atomic mass is 16.3. The van der Waals surface area contributed by atoms with Crippen LogP contribution in [0.15, 0.2) is 199 Å². The van der Waals surface area contributed by atoms with E-state index in [4.69, 9.17) is 9.40 Å². The Labute approximate surface area is 352 Å². The summed E-state index contributed by atoms with van der Waals surface area (Å²) in [6.45, 7) is 4.71. The van der Waals surface area contributed by atoms with Crippen LogP contribution in [0, 0.1) is 0 Å². The summed E-state index contributed by atoms with van der Waals surface area (Å²) in [5, 5.41) is 13.1. The molecule has 0 radical (unpaired) electrons. The molecule has 0 saturated heterocycles. The lowest BCUT2D eigenvalue weighted by Gasteiger charge is -2.28. The molecular weight excluding hydrogens is 741 g/mol. The van der Waals surface area contributed by atoms with Crippen LogP contribution in [-0.4, -0.2) is 4.98 Å². The Balaban J connectivity index is 1.02. The van der Waals surface area contributed by atoms with Crippen molar-refractivity contribution >= 4 is 93.0 Å². The molecule has 0 amide bonds. The Bertz CT molecular complexity index is 3760. The third-order valence-corrected chi connectivity index (χ3v) is 13.4. The summed E-state index contributed by atoms with van der Waals surface area (Å²) in [6.07, 6.45) is 0. The van der Waals surface area contributed by atoms with Crippen molar-refractivity contribution in [1.82, 2.24) is 4.98 Å². The molecule has 61 heavy (non-hydrogen) atoms. The van der Waals surface area contributed by atoms with Crippen LogP contribution in [-0.2, 0) is 5.41 Å². The van der Waals surface area contributed by atoms with Gasteiger partial charge in [-0.15, -0.1) is 0 Å². The molecule has 12 aromatic rings. The molecular formula is C58H38N2O. The monoisotopic (exact) mass is 778 g/mol. The maximum atomic E-state index is 6.63. The molecule has 0 spiro atoms. The second-order valence-corrected chi connectivity index (χ2v) is 17.0. The van der Waals surface area contributed by atoms with Crippen LogP contribution in [0.25, 0.3) is 98.3 Å². The van der Waals surface area contributed by atoms with Crippen molar-refractivity contribution in [1.29, 1.82) is 0 Å². The molecule has 0 saturated carbocycles. The van der Waals surface area contributed by atoms with Gasteiger partial charge in [0.25, 0.3) is 0 Å². The molecule has 2 aromatic heterocycles. The average molecular weight is 779 g/mol. The molecule has 1 aliphatic rings. The summed E-state index contributed by atoms with van der Waals surface area (Å²) in [6, 6.07) is 70.7. The molecule has 1 aliphatic carbocycles. The third kappa shape index (κ3) is 4.89. The summed E-state index contributed by atoms with van der Waals surface area (Å²) < 4.78 is 6.63. The number of anilines is 3. The Kier molecular flexibility index (Phi) is 7.07. The minimum Gasteiger partial charge on any atom is -0.455 e. The molecule has 0 aliphatic heterocycles. The van der Waals surface area contributed by atoms with E-state index in [1.807, 2.05) is 6.07 Å². The van der Waals surface area contributed by atoms with Crippen LogP contribution in [0.1, 0.15) is 25.0 Å². The van der Waals surface area contributed by atoms with E-state index in [0.717, 1.165) is 71.9 Å². The highest BCUT2D eigenvalue weighted by Crippen LogP contribution is 2.51. The molecule has 3 nitrogen and oxygen atoms in total. The molecule has 0 N–H and O–H groups in total. The highest BCUT2D eigenvalue weighted by Gasteiger charge is 2.36. The summed E-state index contributed by atoms with van der Waals surface area (Å²) in [5.74, 6) is 0. The van der Waals surface area contributed by atoms with Crippen molar-refractivity contribution in [2.24, 2.45) is 0 Å². The van der Waals surface area contributed by atoms with E-state index in [0.29, 0.717) is 0 Å².